The number of halogens is 1. The highest BCUT2D eigenvalue weighted by Gasteiger charge is 2.27. The van der Waals surface area contributed by atoms with Crippen molar-refractivity contribution < 1.29 is 18.7 Å². The van der Waals surface area contributed by atoms with Crippen LogP contribution in [0.25, 0.3) is 0 Å². The Kier molecular flexibility index (Phi) is 5.84. The molecule has 2 N–H and O–H groups in total. The molecule has 3 aromatic rings. The van der Waals surface area contributed by atoms with Crippen LogP contribution in [0.5, 0.6) is 5.75 Å². The van der Waals surface area contributed by atoms with Crippen molar-refractivity contribution in [2.45, 2.75) is 19.5 Å². The Hall–Kier alpha value is -3.87. The molecule has 0 spiro atoms. The summed E-state index contributed by atoms with van der Waals surface area (Å²) in [6.07, 6.45) is 0. The number of benzene rings is 3. The van der Waals surface area contributed by atoms with Crippen molar-refractivity contribution in [1.29, 1.82) is 0 Å². The van der Waals surface area contributed by atoms with Crippen molar-refractivity contribution in [2.75, 3.05) is 17.2 Å². The molecule has 158 valence electrons. The van der Waals surface area contributed by atoms with Crippen LogP contribution < -0.4 is 15.4 Å². The summed E-state index contributed by atoms with van der Waals surface area (Å²) in [6.45, 7) is 2.12. The molecule has 7 heteroatoms. The van der Waals surface area contributed by atoms with Crippen LogP contribution in [0.1, 0.15) is 24.1 Å². The Morgan fingerprint density at radius 3 is 2.45 bits per heavy atom. The smallest absolute Gasteiger partial charge is 0.323 e. The molecule has 6 nitrogen and oxygen atoms in total. The first-order chi connectivity index (χ1) is 15.0. The second-order valence-electron chi connectivity index (χ2n) is 7.31. The van der Waals surface area contributed by atoms with E-state index in [4.69, 9.17) is 4.74 Å². The second kappa shape index (κ2) is 8.87. The molecule has 0 bridgehead atoms. The summed E-state index contributed by atoms with van der Waals surface area (Å²) in [5, 5.41) is 5.57. The van der Waals surface area contributed by atoms with Gasteiger partial charge in [0.25, 0.3) is 5.91 Å². The van der Waals surface area contributed by atoms with E-state index in [-0.39, 0.29) is 30.4 Å². The van der Waals surface area contributed by atoms with Gasteiger partial charge in [0.2, 0.25) is 0 Å². The van der Waals surface area contributed by atoms with Crippen molar-refractivity contribution in [2.24, 2.45) is 0 Å². The molecule has 1 aliphatic rings. The van der Waals surface area contributed by atoms with E-state index in [1.165, 1.54) is 12.1 Å². The van der Waals surface area contributed by atoms with E-state index in [1.54, 1.807) is 47.4 Å². The zero-order valence-corrected chi connectivity index (χ0v) is 17.0. The van der Waals surface area contributed by atoms with Crippen molar-refractivity contribution in [3.63, 3.8) is 0 Å². The number of amides is 3. The molecule has 31 heavy (non-hydrogen) atoms. The molecular formula is C24H22FN3O3. The van der Waals surface area contributed by atoms with Gasteiger partial charge in [-0.1, -0.05) is 30.3 Å². The molecular weight excluding hydrogens is 397 g/mol. The van der Waals surface area contributed by atoms with E-state index in [1.807, 2.05) is 25.1 Å². The zero-order valence-electron chi connectivity index (χ0n) is 17.0. The topological polar surface area (TPSA) is 70.7 Å². The number of fused-ring (bicyclic) bond motifs is 1. The molecule has 1 atom stereocenters. The molecule has 1 heterocycles. The van der Waals surface area contributed by atoms with Gasteiger partial charge in [-0.25, -0.2) is 9.18 Å². The number of ether oxygens (including phenoxy) is 1. The number of rotatable bonds is 4. The predicted octanol–water partition coefficient (Wildman–Crippen LogP) is 4.95. The highest BCUT2D eigenvalue weighted by molar-refractivity contribution is 5.99. The van der Waals surface area contributed by atoms with E-state index in [0.29, 0.717) is 23.7 Å². The first-order valence-corrected chi connectivity index (χ1v) is 9.93. The van der Waals surface area contributed by atoms with E-state index >= 15 is 0 Å². The maximum atomic E-state index is 13.3. The average Bonchev–Trinajstić information content (AvgIpc) is 2.93. The maximum absolute atomic E-state index is 13.3. The Morgan fingerprint density at radius 2 is 1.71 bits per heavy atom. The lowest BCUT2D eigenvalue weighted by Gasteiger charge is -2.28. The normalized spacial score (nSPS) is 14.1. The molecule has 0 radical (unpaired) electrons. The van der Waals surface area contributed by atoms with Crippen LogP contribution in [0.2, 0.25) is 0 Å². The van der Waals surface area contributed by atoms with Crippen LogP contribution in [0.4, 0.5) is 20.6 Å². The van der Waals surface area contributed by atoms with Crippen molar-refractivity contribution in [3.05, 3.63) is 89.7 Å². The lowest BCUT2D eigenvalue weighted by atomic mass is 10.1. The number of carbonyl (C=O) groups excluding carboxylic acids is 2. The van der Waals surface area contributed by atoms with Gasteiger partial charge in [0.15, 0.2) is 6.61 Å². The molecule has 0 unspecified atom stereocenters. The summed E-state index contributed by atoms with van der Waals surface area (Å²) in [5.41, 5.74) is 2.87. The van der Waals surface area contributed by atoms with Gasteiger partial charge in [-0.15, -0.1) is 0 Å². The third-order valence-corrected chi connectivity index (χ3v) is 5.18. The lowest BCUT2D eigenvalue weighted by molar-refractivity contribution is -0.135. The molecule has 3 amide bonds. The van der Waals surface area contributed by atoms with E-state index in [0.717, 1.165) is 11.1 Å². The van der Waals surface area contributed by atoms with E-state index < -0.39 is 0 Å². The quantitative estimate of drug-likeness (QED) is 0.629. The Morgan fingerprint density at radius 1 is 1.00 bits per heavy atom. The first-order valence-electron chi connectivity index (χ1n) is 9.93. The fourth-order valence-electron chi connectivity index (χ4n) is 3.50. The highest BCUT2D eigenvalue weighted by atomic mass is 19.1. The number of nitrogens with one attached hydrogen (secondary N) is 2. The van der Waals surface area contributed by atoms with E-state index in [9.17, 15) is 14.0 Å². The number of hydrogen-bond donors (Lipinski definition) is 2. The maximum Gasteiger partial charge on any atom is 0.323 e. The Bertz CT molecular complexity index is 1090. The van der Waals surface area contributed by atoms with Gasteiger partial charge in [0.1, 0.15) is 11.6 Å². The fourth-order valence-corrected chi connectivity index (χ4v) is 3.50. The fraction of sp³-hybridized carbons (Fsp3) is 0.167. The largest absolute Gasteiger partial charge is 0.483 e. The molecule has 1 aliphatic heterocycles. The molecule has 0 aliphatic carbocycles. The van der Waals surface area contributed by atoms with E-state index in [2.05, 4.69) is 10.6 Å². The number of anilines is 2. The van der Waals surface area contributed by atoms with Crippen molar-refractivity contribution >= 4 is 23.3 Å². The van der Waals surface area contributed by atoms with Crippen LogP contribution in [-0.4, -0.2) is 23.4 Å². The van der Waals surface area contributed by atoms with Gasteiger partial charge in [0, 0.05) is 16.9 Å². The lowest BCUT2D eigenvalue weighted by Crippen LogP contribution is -2.34. The average molecular weight is 419 g/mol. The van der Waals surface area contributed by atoms with Gasteiger partial charge in [-0.3, -0.25) is 4.79 Å². The van der Waals surface area contributed by atoms with Crippen molar-refractivity contribution in [1.82, 2.24) is 4.90 Å². The molecule has 4 rings (SSSR count). The third kappa shape index (κ3) is 4.83. The predicted molar refractivity (Wildman–Crippen MR) is 116 cm³/mol. The Balaban J connectivity index is 1.51. The van der Waals surface area contributed by atoms with Crippen LogP contribution in [0, 0.1) is 5.82 Å². The Labute approximate surface area is 179 Å². The monoisotopic (exact) mass is 419 g/mol. The van der Waals surface area contributed by atoms with Gasteiger partial charge in [0.05, 0.1) is 12.6 Å². The minimum atomic E-state index is -0.367. The van der Waals surface area contributed by atoms with Gasteiger partial charge < -0.3 is 20.3 Å². The second-order valence-corrected chi connectivity index (χ2v) is 7.31. The summed E-state index contributed by atoms with van der Waals surface area (Å²) >= 11 is 0. The number of carbonyl (C=O) groups is 2. The van der Waals surface area contributed by atoms with Gasteiger partial charge >= 0.3 is 6.03 Å². The van der Waals surface area contributed by atoms with Crippen LogP contribution in [-0.2, 0) is 11.3 Å². The number of hydrogen-bond acceptors (Lipinski definition) is 3. The highest BCUT2D eigenvalue weighted by Crippen LogP contribution is 2.31. The molecule has 3 aromatic carbocycles. The number of urea groups is 1. The minimum Gasteiger partial charge on any atom is -0.483 e. The summed E-state index contributed by atoms with van der Waals surface area (Å²) < 4.78 is 18.9. The zero-order chi connectivity index (χ0) is 21.8. The number of para-hydroxylation sites is 1. The summed E-state index contributed by atoms with van der Waals surface area (Å²) in [5.74, 6) is 0.108. The molecule has 0 saturated heterocycles. The summed E-state index contributed by atoms with van der Waals surface area (Å²) in [7, 11) is 0. The van der Waals surface area contributed by atoms with Gasteiger partial charge in [-0.05, 0) is 55.0 Å². The van der Waals surface area contributed by atoms with Crippen LogP contribution >= 0.6 is 0 Å². The van der Waals surface area contributed by atoms with Crippen LogP contribution in [0.15, 0.2) is 72.8 Å². The summed E-state index contributed by atoms with van der Waals surface area (Å²) in [4.78, 5) is 26.7. The summed E-state index contributed by atoms with van der Waals surface area (Å²) in [6, 6.07) is 19.9. The standard InChI is InChI=1S/C24H22FN3O3/c1-16(17-7-9-19(25)10-8-17)28-14-18-13-21(11-12-22(18)31-15-23(28)29)27-24(30)26-20-5-3-2-4-6-20/h2-13,16H,14-15H2,1H3,(H2,26,27,30)/t16-/m1/s1. The molecule has 0 saturated carbocycles. The third-order valence-electron chi connectivity index (χ3n) is 5.18. The molecule has 0 fully saturated rings. The number of nitrogens with zero attached hydrogens (tertiary/aromatic N) is 1. The van der Waals surface area contributed by atoms with Crippen molar-refractivity contribution in [3.8, 4) is 5.75 Å². The SMILES string of the molecule is C[C@H](c1ccc(F)cc1)N1Cc2cc(NC(=O)Nc3ccccc3)ccc2OCC1=O. The minimum absolute atomic E-state index is 0.0835. The van der Waals surface area contributed by atoms with Crippen LogP contribution in [0.3, 0.4) is 0 Å². The molecule has 0 aromatic heterocycles. The van der Waals surface area contributed by atoms with Gasteiger partial charge in [-0.2, -0.15) is 0 Å². The first kappa shape index (κ1) is 20.4.